The molecule has 0 atom stereocenters. The maximum atomic E-state index is 12.4. The van der Waals surface area contributed by atoms with E-state index in [1.165, 1.54) is 0 Å². The van der Waals surface area contributed by atoms with Gasteiger partial charge in [0.15, 0.2) is 6.61 Å². The highest BCUT2D eigenvalue weighted by atomic mass is 35.5. The van der Waals surface area contributed by atoms with Crippen LogP contribution in [0.2, 0.25) is 5.02 Å². The SMILES string of the molecule is O=C(COc1cc([N+](=O)[O-])ccc1[N+](=O)[O-])N1CCN(Cc2ccc(Cl)cc2)CC1. The minimum Gasteiger partial charge on any atom is -0.477 e. The maximum absolute atomic E-state index is 12.4. The van der Waals surface area contributed by atoms with Gasteiger partial charge in [-0.05, 0) is 17.7 Å². The topological polar surface area (TPSA) is 119 Å². The second-order valence-electron chi connectivity index (χ2n) is 6.74. The van der Waals surface area contributed by atoms with Crippen LogP contribution in [0.1, 0.15) is 5.56 Å². The van der Waals surface area contributed by atoms with Crippen molar-refractivity contribution < 1.29 is 19.4 Å². The van der Waals surface area contributed by atoms with Crippen molar-refractivity contribution in [1.82, 2.24) is 9.80 Å². The predicted octanol–water partition coefficient (Wildman–Crippen LogP) is 2.88. The lowest BCUT2D eigenvalue weighted by molar-refractivity contribution is -0.389. The van der Waals surface area contributed by atoms with Crippen LogP contribution >= 0.6 is 11.6 Å². The van der Waals surface area contributed by atoms with Crippen molar-refractivity contribution in [2.24, 2.45) is 0 Å². The van der Waals surface area contributed by atoms with E-state index < -0.39 is 22.1 Å². The number of carbonyl (C=O) groups is 1. The summed E-state index contributed by atoms with van der Waals surface area (Å²) in [7, 11) is 0. The molecule has 1 aliphatic heterocycles. The van der Waals surface area contributed by atoms with Crippen molar-refractivity contribution >= 4 is 28.9 Å². The van der Waals surface area contributed by atoms with Gasteiger partial charge in [-0.25, -0.2) is 0 Å². The van der Waals surface area contributed by atoms with Crippen molar-refractivity contribution in [3.63, 3.8) is 0 Å². The number of carbonyl (C=O) groups excluding carboxylic acids is 1. The first kappa shape index (κ1) is 21.5. The van der Waals surface area contributed by atoms with Crippen LogP contribution in [-0.4, -0.2) is 58.3 Å². The first-order valence-corrected chi connectivity index (χ1v) is 9.51. The normalized spacial score (nSPS) is 14.4. The fourth-order valence-electron chi connectivity index (χ4n) is 3.12. The molecule has 0 radical (unpaired) electrons. The first-order valence-electron chi connectivity index (χ1n) is 9.13. The number of amides is 1. The summed E-state index contributed by atoms with van der Waals surface area (Å²) in [5.74, 6) is -0.633. The van der Waals surface area contributed by atoms with Crippen LogP contribution < -0.4 is 4.74 Å². The van der Waals surface area contributed by atoms with Gasteiger partial charge in [0.2, 0.25) is 5.75 Å². The molecule has 3 rings (SSSR count). The van der Waals surface area contributed by atoms with Crippen molar-refractivity contribution in [3.8, 4) is 5.75 Å². The van der Waals surface area contributed by atoms with E-state index in [4.69, 9.17) is 16.3 Å². The molecule has 0 N–H and O–H groups in total. The molecule has 2 aromatic carbocycles. The number of rotatable bonds is 7. The molecule has 1 heterocycles. The Morgan fingerprint density at radius 2 is 1.67 bits per heavy atom. The number of nitrogens with zero attached hydrogens (tertiary/aromatic N) is 4. The Morgan fingerprint density at radius 1 is 1.00 bits per heavy atom. The third kappa shape index (κ3) is 5.43. The molecule has 158 valence electrons. The quantitative estimate of drug-likeness (QED) is 0.485. The van der Waals surface area contributed by atoms with E-state index in [0.717, 1.165) is 30.3 Å². The molecular formula is C19H19ClN4O6. The summed E-state index contributed by atoms with van der Waals surface area (Å²) in [6, 6.07) is 10.6. The number of non-ortho nitro benzene ring substituents is 1. The fraction of sp³-hybridized carbons (Fsp3) is 0.316. The zero-order chi connectivity index (χ0) is 21.7. The molecule has 0 bridgehead atoms. The smallest absolute Gasteiger partial charge is 0.311 e. The van der Waals surface area contributed by atoms with E-state index in [-0.39, 0.29) is 17.3 Å². The first-order chi connectivity index (χ1) is 14.3. The zero-order valence-electron chi connectivity index (χ0n) is 15.9. The van der Waals surface area contributed by atoms with Crippen molar-refractivity contribution in [2.45, 2.75) is 6.54 Å². The average molecular weight is 435 g/mol. The Hall–Kier alpha value is -3.24. The minimum absolute atomic E-state index is 0.302. The molecule has 1 amide bonds. The van der Waals surface area contributed by atoms with Gasteiger partial charge in [0.05, 0.1) is 15.9 Å². The van der Waals surface area contributed by atoms with Crippen LogP contribution in [0.25, 0.3) is 0 Å². The number of hydrogen-bond acceptors (Lipinski definition) is 7. The largest absolute Gasteiger partial charge is 0.477 e. The predicted molar refractivity (Wildman–Crippen MR) is 109 cm³/mol. The molecule has 0 spiro atoms. The molecule has 2 aromatic rings. The van der Waals surface area contributed by atoms with Gasteiger partial charge >= 0.3 is 5.69 Å². The van der Waals surface area contributed by atoms with E-state index in [9.17, 15) is 25.0 Å². The van der Waals surface area contributed by atoms with Gasteiger partial charge in [-0.2, -0.15) is 0 Å². The number of hydrogen-bond donors (Lipinski definition) is 0. The van der Waals surface area contributed by atoms with Gasteiger partial charge in [0, 0.05) is 49.9 Å². The highest BCUT2D eigenvalue weighted by Crippen LogP contribution is 2.31. The summed E-state index contributed by atoms with van der Waals surface area (Å²) in [5, 5.41) is 22.7. The standard InChI is InChI=1S/C19H19ClN4O6/c20-15-3-1-14(2-4-15)12-21-7-9-22(10-8-21)19(25)13-30-18-11-16(23(26)27)5-6-17(18)24(28)29/h1-6,11H,7-10,12-13H2. The third-order valence-electron chi connectivity index (χ3n) is 4.75. The van der Waals surface area contributed by atoms with Gasteiger partial charge in [0.25, 0.3) is 11.6 Å². The van der Waals surface area contributed by atoms with Crippen LogP contribution in [0.3, 0.4) is 0 Å². The average Bonchev–Trinajstić information content (AvgIpc) is 2.73. The highest BCUT2D eigenvalue weighted by Gasteiger charge is 2.24. The monoisotopic (exact) mass is 434 g/mol. The maximum Gasteiger partial charge on any atom is 0.311 e. The number of ether oxygens (including phenoxy) is 1. The summed E-state index contributed by atoms with van der Waals surface area (Å²) in [6.07, 6.45) is 0. The van der Waals surface area contributed by atoms with Crippen LogP contribution in [0.4, 0.5) is 11.4 Å². The van der Waals surface area contributed by atoms with Gasteiger partial charge < -0.3 is 9.64 Å². The lowest BCUT2D eigenvalue weighted by Crippen LogP contribution is -2.49. The van der Waals surface area contributed by atoms with E-state index in [0.29, 0.717) is 31.2 Å². The molecule has 10 nitrogen and oxygen atoms in total. The number of benzene rings is 2. The Morgan fingerprint density at radius 3 is 2.27 bits per heavy atom. The Labute approximate surface area is 176 Å². The molecule has 0 unspecified atom stereocenters. The molecule has 1 aliphatic rings. The van der Waals surface area contributed by atoms with Crippen molar-refractivity contribution in [2.75, 3.05) is 32.8 Å². The molecule has 0 aliphatic carbocycles. The zero-order valence-corrected chi connectivity index (χ0v) is 16.7. The molecule has 30 heavy (non-hydrogen) atoms. The summed E-state index contributed by atoms with van der Waals surface area (Å²) in [6.45, 7) is 2.64. The molecule has 0 aromatic heterocycles. The second-order valence-corrected chi connectivity index (χ2v) is 7.17. The van der Waals surface area contributed by atoms with E-state index in [2.05, 4.69) is 4.90 Å². The number of piperazine rings is 1. The Kier molecular flexibility index (Phi) is 6.80. The number of halogens is 1. The lowest BCUT2D eigenvalue weighted by atomic mass is 10.2. The molecule has 1 saturated heterocycles. The summed E-state index contributed by atoms with van der Waals surface area (Å²) >= 11 is 5.89. The van der Waals surface area contributed by atoms with Crippen LogP contribution in [-0.2, 0) is 11.3 Å². The number of nitro benzene ring substituents is 2. The summed E-state index contributed by atoms with van der Waals surface area (Å²) in [4.78, 5) is 36.9. The molecule has 1 fully saturated rings. The third-order valence-corrected chi connectivity index (χ3v) is 5.00. The Bertz CT molecular complexity index is 945. The van der Waals surface area contributed by atoms with Gasteiger partial charge in [-0.3, -0.25) is 29.9 Å². The van der Waals surface area contributed by atoms with Crippen LogP contribution in [0, 0.1) is 20.2 Å². The van der Waals surface area contributed by atoms with E-state index >= 15 is 0 Å². The highest BCUT2D eigenvalue weighted by molar-refractivity contribution is 6.30. The van der Waals surface area contributed by atoms with Gasteiger partial charge in [-0.15, -0.1) is 0 Å². The van der Waals surface area contributed by atoms with Gasteiger partial charge in [-0.1, -0.05) is 23.7 Å². The van der Waals surface area contributed by atoms with Crippen molar-refractivity contribution in [1.29, 1.82) is 0 Å². The van der Waals surface area contributed by atoms with Crippen LogP contribution in [0.5, 0.6) is 5.75 Å². The van der Waals surface area contributed by atoms with Crippen LogP contribution in [0.15, 0.2) is 42.5 Å². The van der Waals surface area contributed by atoms with E-state index in [1.54, 1.807) is 4.90 Å². The second kappa shape index (κ2) is 9.51. The number of nitro groups is 2. The fourth-order valence-corrected chi connectivity index (χ4v) is 3.24. The molecular weight excluding hydrogens is 416 g/mol. The summed E-state index contributed by atoms with van der Waals surface area (Å²) in [5.41, 5.74) is 0.348. The minimum atomic E-state index is -0.709. The van der Waals surface area contributed by atoms with Crippen molar-refractivity contribution in [3.05, 3.63) is 73.3 Å². The Balaban J connectivity index is 1.54. The molecule has 11 heteroatoms. The van der Waals surface area contributed by atoms with E-state index in [1.807, 2.05) is 24.3 Å². The van der Waals surface area contributed by atoms with Gasteiger partial charge in [0.1, 0.15) is 0 Å². The summed E-state index contributed by atoms with van der Waals surface area (Å²) < 4.78 is 5.27. The molecule has 0 saturated carbocycles. The lowest BCUT2D eigenvalue weighted by Gasteiger charge is -2.34.